The third-order valence-corrected chi connectivity index (χ3v) is 3.87. The SMILES string of the molecule is COC(=O)c1sccc1Oc1ccc(NS(C)(=O)=O)cc1. The first-order valence-electron chi connectivity index (χ1n) is 5.80. The number of carbonyl (C=O) groups is 1. The zero-order chi connectivity index (χ0) is 15.5. The van der Waals surface area contributed by atoms with Crippen molar-refractivity contribution in [1.82, 2.24) is 0 Å². The monoisotopic (exact) mass is 327 g/mol. The highest BCUT2D eigenvalue weighted by molar-refractivity contribution is 7.92. The Balaban J connectivity index is 2.14. The molecular formula is C13H13NO5S2. The molecule has 2 rings (SSSR count). The van der Waals surface area contributed by atoms with Crippen LogP contribution in [0.3, 0.4) is 0 Å². The summed E-state index contributed by atoms with van der Waals surface area (Å²) in [7, 11) is -2.01. The third kappa shape index (κ3) is 4.20. The summed E-state index contributed by atoms with van der Waals surface area (Å²) < 4.78 is 34.8. The highest BCUT2D eigenvalue weighted by Gasteiger charge is 2.15. The van der Waals surface area contributed by atoms with Crippen molar-refractivity contribution in [2.45, 2.75) is 0 Å². The second kappa shape index (κ2) is 6.15. The van der Waals surface area contributed by atoms with E-state index in [1.165, 1.54) is 18.4 Å². The van der Waals surface area contributed by atoms with Crippen LogP contribution in [0, 0.1) is 0 Å². The van der Waals surface area contributed by atoms with E-state index in [1.807, 2.05) is 0 Å². The largest absolute Gasteiger partial charge is 0.465 e. The van der Waals surface area contributed by atoms with Gasteiger partial charge in [-0.3, -0.25) is 4.72 Å². The van der Waals surface area contributed by atoms with Crippen molar-refractivity contribution in [2.75, 3.05) is 18.1 Å². The lowest BCUT2D eigenvalue weighted by Crippen LogP contribution is -2.09. The number of ether oxygens (including phenoxy) is 2. The van der Waals surface area contributed by atoms with Crippen molar-refractivity contribution >= 4 is 33.0 Å². The molecule has 0 unspecified atom stereocenters. The Kier molecular flexibility index (Phi) is 4.49. The van der Waals surface area contributed by atoms with Crippen molar-refractivity contribution in [1.29, 1.82) is 0 Å². The summed E-state index contributed by atoms with van der Waals surface area (Å²) in [5.41, 5.74) is 0.434. The molecule has 2 aromatic rings. The fourth-order valence-corrected chi connectivity index (χ4v) is 2.85. The average molecular weight is 327 g/mol. The first-order valence-corrected chi connectivity index (χ1v) is 8.57. The van der Waals surface area contributed by atoms with E-state index in [0.717, 1.165) is 6.26 Å². The normalized spacial score (nSPS) is 11.0. The van der Waals surface area contributed by atoms with Crippen LogP contribution in [0.2, 0.25) is 0 Å². The van der Waals surface area contributed by atoms with E-state index in [1.54, 1.807) is 35.7 Å². The standard InChI is InChI=1S/C13H13NO5S2/c1-18-13(15)12-11(7-8-20-12)19-10-5-3-9(4-6-10)14-21(2,16)17/h3-8,14H,1-2H3. The molecule has 0 aliphatic rings. The van der Waals surface area contributed by atoms with Crippen LogP contribution in [-0.2, 0) is 14.8 Å². The van der Waals surface area contributed by atoms with Crippen LogP contribution >= 0.6 is 11.3 Å². The van der Waals surface area contributed by atoms with E-state index < -0.39 is 16.0 Å². The van der Waals surface area contributed by atoms with Crippen molar-refractivity contribution in [2.24, 2.45) is 0 Å². The van der Waals surface area contributed by atoms with Crippen LogP contribution in [0.4, 0.5) is 5.69 Å². The summed E-state index contributed by atoms with van der Waals surface area (Å²) in [6, 6.07) is 8.01. The highest BCUT2D eigenvalue weighted by Crippen LogP contribution is 2.30. The number of sulfonamides is 1. The summed E-state index contributed by atoms with van der Waals surface area (Å²) in [6.45, 7) is 0. The smallest absolute Gasteiger partial charge is 0.351 e. The third-order valence-electron chi connectivity index (χ3n) is 2.39. The Morgan fingerprint density at radius 1 is 1.19 bits per heavy atom. The van der Waals surface area contributed by atoms with Gasteiger partial charge in [0.05, 0.1) is 13.4 Å². The average Bonchev–Trinajstić information content (AvgIpc) is 2.86. The molecule has 0 aliphatic carbocycles. The maximum atomic E-state index is 11.5. The topological polar surface area (TPSA) is 81.7 Å². The first-order chi connectivity index (χ1) is 9.89. The zero-order valence-corrected chi connectivity index (χ0v) is 13.0. The summed E-state index contributed by atoms with van der Waals surface area (Å²) in [5.74, 6) is 0.420. The number of carbonyl (C=O) groups excluding carboxylic acids is 1. The lowest BCUT2D eigenvalue weighted by atomic mass is 10.3. The fourth-order valence-electron chi connectivity index (χ4n) is 1.55. The number of hydrogen-bond donors (Lipinski definition) is 1. The molecule has 1 aromatic carbocycles. The van der Waals surface area contributed by atoms with Gasteiger partial charge in [0.1, 0.15) is 5.75 Å². The van der Waals surface area contributed by atoms with E-state index in [4.69, 9.17) is 4.74 Å². The predicted octanol–water partition coefficient (Wildman–Crippen LogP) is 2.70. The lowest BCUT2D eigenvalue weighted by molar-refractivity contribution is 0.0604. The molecule has 0 amide bonds. The number of anilines is 1. The van der Waals surface area contributed by atoms with Gasteiger partial charge in [0, 0.05) is 5.69 Å². The number of thiophene rings is 1. The van der Waals surface area contributed by atoms with Gasteiger partial charge in [-0.15, -0.1) is 11.3 Å². The van der Waals surface area contributed by atoms with Gasteiger partial charge in [-0.05, 0) is 35.7 Å². The second-order valence-corrected chi connectivity index (χ2v) is 6.77. The second-order valence-electron chi connectivity index (χ2n) is 4.11. The molecule has 1 aromatic heterocycles. The molecule has 0 spiro atoms. The summed E-state index contributed by atoms with van der Waals surface area (Å²) in [4.78, 5) is 11.9. The molecule has 0 saturated heterocycles. The molecule has 0 aliphatic heterocycles. The molecule has 1 heterocycles. The molecule has 1 N–H and O–H groups in total. The number of nitrogens with one attached hydrogen (secondary N) is 1. The Labute approximate surface area is 126 Å². The molecule has 0 bridgehead atoms. The molecule has 6 nitrogen and oxygen atoms in total. The molecule has 0 saturated carbocycles. The Morgan fingerprint density at radius 3 is 2.43 bits per heavy atom. The minimum Gasteiger partial charge on any atom is -0.465 e. The number of hydrogen-bond acceptors (Lipinski definition) is 6. The van der Waals surface area contributed by atoms with Crippen LogP contribution in [-0.4, -0.2) is 27.8 Å². The molecule has 0 radical (unpaired) electrons. The zero-order valence-electron chi connectivity index (χ0n) is 11.3. The lowest BCUT2D eigenvalue weighted by Gasteiger charge is -2.07. The number of methoxy groups -OCH3 is 1. The molecule has 112 valence electrons. The maximum absolute atomic E-state index is 11.5. The van der Waals surface area contributed by atoms with E-state index in [0.29, 0.717) is 22.1 Å². The Bertz CT molecular complexity index is 734. The van der Waals surface area contributed by atoms with Crippen LogP contribution < -0.4 is 9.46 Å². The van der Waals surface area contributed by atoms with Gasteiger partial charge < -0.3 is 9.47 Å². The van der Waals surface area contributed by atoms with E-state index in [2.05, 4.69) is 9.46 Å². The summed E-state index contributed by atoms with van der Waals surface area (Å²) in [5, 5.41) is 1.72. The van der Waals surface area contributed by atoms with Crippen molar-refractivity contribution in [3.05, 3.63) is 40.6 Å². The number of benzene rings is 1. The van der Waals surface area contributed by atoms with Gasteiger partial charge in [0.2, 0.25) is 10.0 Å². The van der Waals surface area contributed by atoms with Crippen LogP contribution in [0.25, 0.3) is 0 Å². The van der Waals surface area contributed by atoms with E-state index in [9.17, 15) is 13.2 Å². The van der Waals surface area contributed by atoms with E-state index >= 15 is 0 Å². The van der Waals surface area contributed by atoms with Crippen LogP contribution in [0.5, 0.6) is 11.5 Å². The number of esters is 1. The van der Waals surface area contributed by atoms with Gasteiger partial charge in [0.25, 0.3) is 0 Å². The van der Waals surface area contributed by atoms with Gasteiger partial charge in [0.15, 0.2) is 10.6 Å². The Hall–Kier alpha value is -2.06. The van der Waals surface area contributed by atoms with Gasteiger partial charge in [-0.1, -0.05) is 0 Å². The Morgan fingerprint density at radius 2 is 1.86 bits per heavy atom. The van der Waals surface area contributed by atoms with Gasteiger partial charge >= 0.3 is 5.97 Å². The molecule has 21 heavy (non-hydrogen) atoms. The summed E-state index contributed by atoms with van der Waals surface area (Å²) in [6.07, 6.45) is 1.07. The molecule has 0 fully saturated rings. The predicted molar refractivity (Wildman–Crippen MR) is 80.6 cm³/mol. The van der Waals surface area contributed by atoms with E-state index in [-0.39, 0.29) is 0 Å². The minimum atomic E-state index is -3.31. The van der Waals surface area contributed by atoms with Crippen LogP contribution in [0.1, 0.15) is 9.67 Å². The van der Waals surface area contributed by atoms with Gasteiger partial charge in [-0.25, -0.2) is 13.2 Å². The van der Waals surface area contributed by atoms with Crippen LogP contribution in [0.15, 0.2) is 35.7 Å². The fraction of sp³-hybridized carbons (Fsp3) is 0.154. The van der Waals surface area contributed by atoms with Gasteiger partial charge in [-0.2, -0.15) is 0 Å². The molecular weight excluding hydrogens is 314 g/mol. The molecule has 0 atom stereocenters. The maximum Gasteiger partial charge on any atom is 0.351 e. The summed E-state index contributed by atoms with van der Waals surface area (Å²) >= 11 is 1.22. The van der Waals surface area contributed by atoms with Crippen molar-refractivity contribution in [3.63, 3.8) is 0 Å². The first kappa shape index (κ1) is 15.3. The van der Waals surface area contributed by atoms with Crippen molar-refractivity contribution in [3.8, 4) is 11.5 Å². The minimum absolute atomic E-state index is 0.371. The van der Waals surface area contributed by atoms with Crippen molar-refractivity contribution < 1.29 is 22.7 Å². The number of rotatable bonds is 5. The quantitative estimate of drug-likeness (QED) is 0.854. The highest BCUT2D eigenvalue weighted by atomic mass is 32.2. The molecule has 8 heteroatoms.